The normalized spacial score (nSPS) is 11.3. The number of nitrogens with zero attached hydrogens (tertiary/aromatic N) is 3. The summed E-state index contributed by atoms with van der Waals surface area (Å²) in [5, 5.41) is 4.04. The zero-order chi connectivity index (χ0) is 59.4. The highest BCUT2D eigenvalue weighted by atomic mass is 31.2. The van der Waals surface area contributed by atoms with E-state index in [0.29, 0.717) is 0 Å². The van der Waals surface area contributed by atoms with E-state index in [4.69, 9.17) is 19.2 Å². The van der Waals surface area contributed by atoms with Gasteiger partial charge in [0.2, 0.25) is 16.6 Å². The molecule has 3 aromatic heterocycles. The van der Waals surface area contributed by atoms with Crippen molar-refractivity contribution in [1.29, 1.82) is 0 Å². The first kappa shape index (κ1) is 73.3. The molecule has 0 aliphatic rings. The van der Waals surface area contributed by atoms with E-state index in [0.717, 1.165) is 19.6 Å². The molecule has 0 bridgehead atoms. The van der Waals surface area contributed by atoms with Gasteiger partial charge in [-0.05, 0) is 55.7 Å². The molecule has 0 amide bonds. The van der Waals surface area contributed by atoms with Gasteiger partial charge < -0.3 is 19.2 Å². The lowest BCUT2D eigenvalue weighted by molar-refractivity contribution is -0.672. The molecule has 0 aliphatic heterocycles. The summed E-state index contributed by atoms with van der Waals surface area (Å²) in [5.41, 5.74) is 4.10. The standard InChI is InChI=1S/3C25H40N.H3O4P/c3*1-2-3-4-5-6-7-8-9-10-11-12-13-14-17-22-26-23-18-20-24-19-15-16-21-25(24)26;1-5(2,3)4/h3*15-16,18-21,23H,2-14,17,22H2,1H3;(H3,1,2,3,4)/q3*+1;/p-3. The van der Waals surface area contributed by atoms with Crippen LogP contribution in [0.15, 0.2) is 128 Å². The topological polar surface area (TPSA) is 97.9 Å². The monoisotopic (exact) mass is 1160 g/mol. The first-order valence-corrected chi connectivity index (χ1v) is 36.1. The van der Waals surface area contributed by atoms with Crippen LogP contribution in [-0.4, -0.2) is 0 Å². The van der Waals surface area contributed by atoms with Gasteiger partial charge in [-0.2, -0.15) is 21.5 Å². The van der Waals surface area contributed by atoms with E-state index < -0.39 is 7.82 Å². The van der Waals surface area contributed by atoms with E-state index in [2.05, 4.69) is 162 Å². The fraction of sp³-hybridized carbons (Fsp3) is 0.640. The van der Waals surface area contributed by atoms with Crippen LogP contribution in [0, 0.1) is 0 Å². The summed E-state index contributed by atoms with van der Waals surface area (Å²) in [6.45, 7) is 10.3. The van der Waals surface area contributed by atoms with Crippen molar-refractivity contribution in [1.82, 2.24) is 0 Å². The van der Waals surface area contributed by atoms with Crippen LogP contribution < -0.4 is 28.4 Å². The number of pyridine rings is 3. The van der Waals surface area contributed by atoms with Crippen LogP contribution in [0.2, 0.25) is 0 Å². The number of benzene rings is 3. The van der Waals surface area contributed by atoms with Crippen molar-refractivity contribution in [3.8, 4) is 0 Å². The van der Waals surface area contributed by atoms with E-state index in [-0.39, 0.29) is 0 Å². The molecule has 464 valence electrons. The molecule has 0 saturated carbocycles. The zero-order valence-corrected chi connectivity index (χ0v) is 54.3. The van der Waals surface area contributed by atoms with E-state index in [1.807, 2.05) is 0 Å². The van der Waals surface area contributed by atoms with E-state index in [1.165, 1.54) is 302 Å². The Morgan fingerprint density at radius 2 is 0.410 bits per heavy atom. The first-order chi connectivity index (χ1) is 40.7. The van der Waals surface area contributed by atoms with Gasteiger partial charge >= 0.3 is 0 Å². The number of aryl methyl sites for hydroxylation is 3. The van der Waals surface area contributed by atoms with Crippen LogP contribution in [0.25, 0.3) is 32.7 Å². The minimum absolute atomic E-state index is 1.15. The molecule has 7 nitrogen and oxygen atoms in total. The smallest absolute Gasteiger partial charge is 0.212 e. The highest BCUT2D eigenvalue weighted by Crippen LogP contribution is 2.18. The summed E-state index contributed by atoms with van der Waals surface area (Å²) in [4.78, 5) is 25.6. The Hall–Kier alpha value is -4.00. The molecular formula is C75H120N3O4P. The number of phosphoric acid groups is 1. The molecule has 0 saturated heterocycles. The number of unbranched alkanes of at least 4 members (excludes halogenated alkanes) is 39. The number of fused-ring (bicyclic) bond motifs is 3. The summed E-state index contributed by atoms with van der Waals surface area (Å²) < 4.78 is 15.8. The Kier molecular flexibility index (Phi) is 45.2. The third-order valence-electron chi connectivity index (χ3n) is 16.6. The Balaban J connectivity index is 0.000000313. The van der Waals surface area contributed by atoms with Crippen molar-refractivity contribution in [2.24, 2.45) is 0 Å². The SMILES string of the molecule is CCCCCCCCCCCCCCCC[n+]1cccc2ccccc21.CCCCCCCCCCCCCCCC[n+]1cccc2ccccc21.CCCCCCCCCCCCCCCC[n+]1cccc2ccccc21.O=P([O-])([O-])[O-]. The Labute approximate surface area is 508 Å². The van der Waals surface area contributed by atoms with Crippen molar-refractivity contribution < 1.29 is 32.9 Å². The lowest BCUT2D eigenvalue weighted by atomic mass is 10.0. The third-order valence-corrected chi connectivity index (χ3v) is 16.6. The zero-order valence-electron chi connectivity index (χ0n) is 53.4. The second kappa shape index (κ2) is 51.2. The first-order valence-electron chi connectivity index (χ1n) is 34.6. The molecular weight excluding hydrogens is 1040 g/mol. The molecule has 6 aromatic rings. The van der Waals surface area contributed by atoms with E-state index >= 15 is 0 Å². The van der Waals surface area contributed by atoms with Crippen molar-refractivity contribution in [3.05, 3.63) is 128 Å². The highest BCUT2D eigenvalue weighted by molar-refractivity contribution is 7.40. The number of para-hydroxylation sites is 3. The van der Waals surface area contributed by atoms with Gasteiger partial charge in [0.05, 0.1) is 0 Å². The second-order valence-electron chi connectivity index (χ2n) is 24.0. The van der Waals surface area contributed by atoms with Gasteiger partial charge in [0.1, 0.15) is 19.6 Å². The molecule has 3 aromatic carbocycles. The summed E-state index contributed by atoms with van der Waals surface area (Å²) in [7, 11) is -5.39. The maximum Gasteiger partial charge on any atom is 0.212 e. The lowest BCUT2D eigenvalue weighted by Gasteiger charge is -2.36. The average molecular weight is 1160 g/mol. The minimum atomic E-state index is -5.39. The van der Waals surface area contributed by atoms with Gasteiger partial charge in [0.15, 0.2) is 18.6 Å². The minimum Gasteiger partial charge on any atom is -0.822 e. The fourth-order valence-corrected chi connectivity index (χ4v) is 11.7. The summed E-state index contributed by atoms with van der Waals surface area (Å²) in [5.74, 6) is 0. The molecule has 8 heteroatoms. The van der Waals surface area contributed by atoms with Crippen LogP contribution in [-0.2, 0) is 24.2 Å². The van der Waals surface area contributed by atoms with Crippen LogP contribution in [0.1, 0.15) is 290 Å². The molecule has 0 radical (unpaired) electrons. The Morgan fingerprint density at radius 1 is 0.253 bits per heavy atom. The number of rotatable bonds is 45. The highest BCUT2D eigenvalue weighted by Gasteiger charge is 2.10. The molecule has 83 heavy (non-hydrogen) atoms. The molecule has 3 heterocycles. The van der Waals surface area contributed by atoms with E-state index in [1.54, 1.807) is 0 Å². The number of hydrogen-bond donors (Lipinski definition) is 0. The average Bonchev–Trinajstić information content (AvgIpc) is 3.69. The largest absolute Gasteiger partial charge is 0.822 e. The van der Waals surface area contributed by atoms with Crippen LogP contribution in [0.3, 0.4) is 0 Å². The van der Waals surface area contributed by atoms with Crippen LogP contribution in [0.5, 0.6) is 0 Å². The van der Waals surface area contributed by atoms with Gasteiger partial charge in [-0.3, -0.25) is 0 Å². The molecule has 0 unspecified atom stereocenters. The summed E-state index contributed by atoms with van der Waals surface area (Å²) in [6, 6.07) is 39.3. The predicted molar refractivity (Wildman–Crippen MR) is 351 cm³/mol. The van der Waals surface area contributed by atoms with Gasteiger partial charge in [-0.25, -0.2) is 0 Å². The molecule has 0 aliphatic carbocycles. The molecule has 0 fully saturated rings. The van der Waals surface area contributed by atoms with Gasteiger partial charge in [-0.15, -0.1) is 0 Å². The maximum absolute atomic E-state index is 8.55. The van der Waals surface area contributed by atoms with Gasteiger partial charge in [0, 0.05) is 71.8 Å². The number of aromatic nitrogens is 3. The second-order valence-corrected chi connectivity index (χ2v) is 24.9. The quantitative estimate of drug-likeness (QED) is 0.0216. The Morgan fingerprint density at radius 3 is 0.602 bits per heavy atom. The maximum atomic E-state index is 8.55. The van der Waals surface area contributed by atoms with Crippen LogP contribution in [0.4, 0.5) is 0 Å². The molecule has 6 rings (SSSR count). The number of hydrogen-bond acceptors (Lipinski definition) is 4. The van der Waals surface area contributed by atoms with Gasteiger partial charge in [-0.1, -0.05) is 288 Å². The molecule has 0 N–H and O–H groups in total. The van der Waals surface area contributed by atoms with Crippen molar-refractivity contribution >= 4 is 40.5 Å². The predicted octanol–water partition coefficient (Wildman–Crippen LogP) is 20.0. The van der Waals surface area contributed by atoms with Gasteiger partial charge in [0.25, 0.3) is 0 Å². The van der Waals surface area contributed by atoms with Crippen molar-refractivity contribution in [3.63, 3.8) is 0 Å². The Bertz CT molecular complexity index is 2190. The van der Waals surface area contributed by atoms with Crippen LogP contribution >= 0.6 is 7.82 Å². The fourth-order valence-electron chi connectivity index (χ4n) is 11.7. The summed E-state index contributed by atoms with van der Waals surface area (Å²) in [6.07, 6.45) is 66.5. The third kappa shape index (κ3) is 39.4. The summed E-state index contributed by atoms with van der Waals surface area (Å²) >= 11 is 0. The van der Waals surface area contributed by atoms with Crippen molar-refractivity contribution in [2.45, 2.75) is 310 Å². The molecule has 0 spiro atoms. The van der Waals surface area contributed by atoms with E-state index in [9.17, 15) is 0 Å². The van der Waals surface area contributed by atoms with Crippen molar-refractivity contribution in [2.75, 3.05) is 0 Å². The molecule has 0 atom stereocenters. The lowest BCUT2D eigenvalue weighted by Crippen LogP contribution is -2.33.